The van der Waals surface area contributed by atoms with Crippen molar-refractivity contribution in [2.45, 2.75) is 65.0 Å². The number of carboxylic acids is 1. The fourth-order valence-electron chi connectivity index (χ4n) is 2.55. The van der Waals surface area contributed by atoms with Crippen molar-refractivity contribution in [2.24, 2.45) is 5.41 Å². The van der Waals surface area contributed by atoms with Gasteiger partial charge in [-0.15, -0.1) is 0 Å². The van der Waals surface area contributed by atoms with Crippen molar-refractivity contribution in [1.82, 2.24) is 5.32 Å². The number of nitrogens with one attached hydrogen (secondary N) is 1. The van der Waals surface area contributed by atoms with Gasteiger partial charge in [-0.1, -0.05) is 19.8 Å². The molecule has 3 atom stereocenters. The predicted molar refractivity (Wildman–Crippen MR) is 60.9 cm³/mol. The van der Waals surface area contributed by atoms with Gasteiger partial charge in [0.25, 0.3) is 0 Å². The number of carbonyl (C=O) groups is 1. The first-order valence-corrected chi connectivity index (χ1v) is 6.00. The highest BCUT2D eigenvalue weighted by molar-refractivity contribution is 5.75. The summed E-state index contributed by atoms with van der Waals surface area (Å²) in [6, 6.07) is 0.577. The summed E-state index contributed by atoms with van der Waals surface area (Å²) in [4.78, 5) is 11.2. The first-order valence-electron chi connectivity index (χ1n) is 6.00. The molecule has 1 fully saturated rings. The Hall–Kier alpha value is -0.570. The van der Waals surface area contributed by atoms with Gasteiger partial charge >= 0.3 is 5.97 Å². The summed E-state index contributed by atoms with van der Waals surface area (Å²) < 4.78 is 0. The molecule has 0 heterocycles. The summed E-state index contributed by atoms with van der Waals surface area (Å²) in [5.74, 6) is -0.652. The number of hydrogen-bond acceptors (Lipinski definition) is 2. The van der Waals surface area contributed by atoms with Crippen LogP contribution in [0.25, 0.3) is 0 Å². The summed E-state index contributed by atoms with van der Waals surface area (Å²) in [6.45, 7) is 6.17. The third kappa shape index (κ3) is 2.71. The zero-order valence-electron chi connectivity index (χ0n) is 10.0. The van der Waals surface area contributed by atoms with Gasteiger partial charge in [-0.2, -0.15) is 0 Å². The van der Waals surface area contributed by atoms with Crippen molar-refractivity contribution in [2.75, 3.05) is 0 Å². The highest BCUT2D eigenvalue weighted by Gasteiger charge is 2.45. The van der Waals surface area contributed by atoms with E-state index in [0.29, 0.717) is 6.04 Å². The van der Waals surface area contributed by atoms with E-state index in [-0.39, 0.29) is 6.04 Å². The largest absolute Gasteiger partial charge is 0.481 e. The summed E-state index contributed by atoms with van der Waals surface area (Å²) >= 11 is 0. The molecule has 0 radical (unpaired) electrons. The molecule has 0 aromatic heterocycles. The summed E-state index contributed by atoms with van der Waals surface area (Å²) in [7, 11) is 0. The molecule has 3 nitrogen and oxygen atoms in total. The molecular formula is C12H23NO2. The number of aliphatic carboxylic acids is 1. The van der Waals surface area contributed by atoms with Crippen LogP contribution in [0.5, 0.6) is 0 Å². The molecule has 3 unspecified atom stereocenters. The summed E-state index contributed by atoms with van der Waals surface area (Å²) in [5.41, 5.74) is -0.554. The average molecular weight is 213 g/mol. The second-order valence-electron chi connectivity index (χ2n) is 5.02. The van der Waals surface area contributed by atoms with E-state index in [9.17, 15) is 9.90 Å². The lowest BCUT2D eigenvalue weighted by Crippen LogP contribution is -2.47. The molecule has 0 aliphatic heterocycles. The van der Waals surface area contributed by atoms with Crippen molar-refractivity contribution < 1.29 is 9.90 Å². The standard InChI is InChI=1S/C12H23NO2/c1-4-6-9(2)13-10-7-5-8-12(10,3)11(14)15/h9-10,13H,4-8H2,1-3H3,(H,14,15). The molecule has 1 rings (SSSR count). The molecule has 88 valence electrons. The minimum atomic E-state index is -0.652. The van der Waals surface area contributed by atoms with Crippen molar-refractivity contribution >= 4 is 5.97 Å². The van der Waals surface area contributed by atoms with Crippen LogP contribution in [0.3, 0.4) is 0 Å². The number of carboxylic acid groups (broad SMARTS) is 1. The molecule has 0 aromatic carbocycles. The van der Waals surface area contributed by atoms with E-state index in [4.69, 9.17) is 0 Å². The van der Waals surface area contributed by atoms with E-state index >= 15 is 0 Å². The Balaban J connectivity index is 2.57. The molecule has 1 saturated carbocycles. The van der Waals surface area contributed by atoms with Crippen LogP contribution in [-0.4, -0.2) is 23.2 Å². The van der Waals surface area contributed by atoms with Crippen LogP contribution in [0.15, 0.2) is 0 Å². The Bertz CT molecular complexity index is 230. The van der Waals surface area contributed by atoms with Gasteiger partial charge in [0.15, 0.2) is 0 Å². The van der Waals surface area contributed by atoms with Gasteiger partial charge in [0.05, 0.1) is 5.41 Å². The van der Waals surface area contributed by atoms with Crippen molar-refractivity contribution in [3.8, 4) is 0 Å². The maximum absolute atomic E-state index is 11.2. The monoisotopic (exact) mass is 213 g/mol. The lowest BCUT2D eigenvalue weighted by molar-refractivity contribution is -0.148. The van der Waals surface area contributed by atoms with Crippen LogP contribution in [0.4, 0.5) is 0 Å². The fraction of sp³-hybridized carbons (Fsp3) is 0.917. The van der Waals surface area contributed by atoms with Crippen LogP contribution in [0.2, 0.25) is 0 Å². The average Bonchev–Trinajstić information content (AvgIpc) is 2.50. The van der Waals surface area contributed by atoms with Gasteiger partial charge in [0, 0.05) is 12.1 Å². The zero-order chi connectivity index (χ0) is 11.5. The van der Waals surface area contributed by atoms with Crippen molar-refractivity contribution in [3.05, 3.63) is 0 Å². The first kappa shape index (κ1) is 12.5. The zero-order valence-corrected chi connectivity index (χ0v) is 10.0. The van der Waals surface area contributed by atoms with Crippen LogP contribution in [0.1, 0.15) is 52.9 Å². The van der Waals surface area contributed by atoms with Crippen LogP contribution >= 0.6 is 0 Å². The third-order valence-electron chi connectivity index (χ3n) is 3.65. The minimum Gasteiger partial charge on any atom is -0.481 e. The Labute approximate surface area is 92.3 Å². The lowest BCUT2D eigenvalue weighted by atomic mass is 9.84. The van der Waals surface area contributed by atoms with Gasteiger partial charge in [-0.05, 0) is 33.1 Å². The molecule has 0 saturated heterocycles. The van der Waals surface area contributed by atoms with Crippen LogP contribution in [-0.2, 0) is 4.79 Å². The highest BCUT2D eigenvalue weighted by atomic mass is 16.4. The van der Waals surface area contributed by atoms with Gasteiger partial charge in [0.1, 0.15) is 0 Å². The van der Waals surface area contributed by atoms with E-state index in [1.807, 2.05) is 6.92 Å². The molecule has 2 N–H and O–H groups in total. The Kier molecular flexibility index (Phi) is 4.14. The van der Waals surface area contributed by atoms with Gasteiger partial charge in [-0.3, -0.25) is 4.79 Å². The predicted octanol–water partition coefficient (Wildman–Crippen LogP) is 2.41. The van der Waals surface area contributed by atoms with Gasteiger partial charge in [0.2, 0.25) is 0 Å². The highest BCUT2D eigenvalue weighted by Crippen LogP contribution is 2.38. The summed E-state index contributed by atoms with van der Waals surface area (Å²) in [6.07, 6.45) is 5.09. The third-order valence-corrected chi connectivity index (χ3v) is 3.65. The second-order valence-corrected chi connectivity index (χ2v) is 5.02. The quantitative estimate of drug-likeness (QED) is 0.737. The van der Waals surface area contributed by atoms with E-state index in [1.54, 1.807) is 0 Å². The van der Waals surface area contributed by atoms with Crippen LogP contribution in [0, 0.1) is 5.41 Å². The molecule has 1 aliphatic rings. The minimum absolute atomic E-state index is 0.150. The molecule has 0 spiro atoms. The Morgan fingerprint density at radius 1 is 1.67 bits per heavy atom. The molecule has 1 aliphatic carbocycles. The molecular weight excluding hydrogens is 190 g/mol. The smallest absolute Gasteiger partial charge is 0.310 e. The van der Waals surface area contributed by atoms with Crippen LogP contribution < -0.4 is 5.32 Å². The Morgan fingerprint density at radius 2 is 2.33 bits per heavy atom. The molecule has 3 heteroatoms. The first-order chi connectivity index (χ1) is 7.00. The van der Waals surface area contributed by atoms with E-state index in [1.165, 1.54) is 0 Å². The summed E-state index contributed by atoms with van der Waals surface area (Å²) in [5, 5.41) is 12.7. The maximum atomic E-state index is 11.2. The fourth-order valence-corrected chi connectivity index (χ4v) is 2.55. The van der Waals surface area contributed by atoms with E-state index < -0.39 is 11.4 Å². The number of hydrogen-bond donors (Lipinski definition) is 2. The number of rotatable bonds is 5. The molecule has 15 heavy (non-hydrogen) atoms. The maximum Gasteiger partial charge on any atom is 0.310 e. The normalized spacial score (nSPS) is 32.9. The lowest BCUT2D eigenvalue weighted by Gasteiger charge is -2.30. The Morgan fingerprint density at radius 3 is 2.87 bits per heavy atom. The second kappa shape index (κ2) is 4.97. The topological polar surface area (TPSA) is 49.3 Å². The van der Waals surface area contributed by atoms with E-state index in [0.717, 1.165) is 32.1 Å². The van der Waals surface area contributed by atoms with Gasteiger partial charge < -0.3 is 10.4 Å². The van der Waals surface area contributed by atoms with Crippen molar-refractivity contribution in [3.63, 3.8) is 0 Å². The molecule has 0 amide bonds. The van der Waals surface area contributed by atoms with Crippen molar-refractivity contribution in [1.29, 1.82) is 0 Å². The molecule has 0 aromatic rings. The molecule has 0 bridgehead atoms. The SMILES string of the molecule is CCCC(C)NC1CCCC1(C)C(=O)O. The van der Waals surface area contributed by atoms with Gasteiger partial charge in [-0.25, -0.2) is 0 Å². The van der Waals surface area contributed by atoms with E-state index in [2.05, 4.69) is 19.2 Å².